The van der Waals surface area contributed by atoms with Crippen LogP contribution in [-0.4, -0.2) is 30.6 Å². The van der Waals surface area contributed by atoms with E-state index in [4.69, 9.17) is 4.74 Å². The first-order chi connectivity index (χ1) is 10.6. The third-order valence-electron chi connectivity index (χ3n) is 3.81. The zero-order valence-electron chi connectivity index (χ0n) is 12.0. The Balaban J connectivity index is 2.16. The molecule has 2 aromatic carbocycles. The second-order valence-electron chi connectivity index (χ2n) is 5.10. The molecule has 1 aliphatic heterocycles. The van der Waals surface area contributed by atoms with Crippen molar-refractivity contribution in [2.75, 3.05) is 13.7 Å². The Hall–Kier alpha value is -2.82. The minimum Gasteiger partial charge on any atom is -0.491 e. The largest absolute Gasteiger partial charge is 0.491 e. The Morgan fingerprint density at radius 2 is 1.95 bits per heavy atom. The lowest BCUT2D eigenvalue weighted by Crippen LogP contribution is -2.19. The molecule has 0 unspecified atom stereocenters. The van der Waals surface area contributed by atoms with E-state index in [1.165, 1.54) is 13.1 Å². The van der Waals surface area contributed by atoms with Gasteiger partial charge in [-0.15, -0.1) is 0 Å². The van der Waals surface area contributed by atoms with Gasteiger partial charge in [0.05, 0.1) is 17.7 Å². The van der Waals surface area contributed by atoms with Crippen molar-refractivity contribution in [3.8, 4) is 5.75 Å². The summed E-state index contributed by atoms with van der Waals surface area (Å²) in [5, 5.41) is 11.8. The quantitative estimate of drug-likeness (QED) is 0.911. The molecule has 2 N–H and O–H groups in total. The number of carbonyl (C=O) groups is 2. The van der Waals surface area contributed by atoms with Gasteiger partial charge in [0, 0.05) is 18.5 Å². The first-order valence-electron chi connectivity index (χ1n) is 6.93. The van der Waals surface area contributed by atoms with Crippen LogP contribution in [0.3, 0.4) is 0 Å². The fraction of sp³-hybridized carbons (Fsp3) is 0.176. The average Bonchev–Trinajstić information content (AvgIpc) is 2.97. The summed E-state index contributed by atoms with van der Waals surface area (Å²) in [5.41, 5.74) is 2.12. The summed E-state index contributed by atoms with van der Waals surface area (Å²) in [6.07, 6.45) is 0. The number of hydrogen-bond donors (Lipinski definition) is 2. The van der Waals surface area contributed by atoms with Crippen LogP contribution in [0.15, 0.2) is 42.5 Å². The Morgan fingerprint density at radius 1 is 1.23 bits per heavy atom. The number of hydrogen-bond acceptors (Lipinski definition) is 3. The molecule has 0 fully saturated rings. The highest BCUT2D eigenvalue weighted by Crippen LogP contribution is 2.41. The van der Waals surface area contributed by atoms with Gasteiger partial charge in [0.15, 0.2) is 0 Å². The first kappa shape index (κ1) is 14.1. The zero-order valence-corrected chi connectivity index (χ0v) is 12.0. The predicted molar refractivity (Wildman–Crippen MR) is 80.6 cm³/mol. The predicted octanol–water partition coefficient (Wildman–Crippen LogP) is 2.27. The highest BCUT2D eigenvalue weighted by atomic mass is 16.5. The zero-order chi connectivity index (χ0) is 15.7. The molecule has 0 aliphatic carbocycles. The topological polar surface area (TPSA) is 75.6 Å². The summed E-state index contributed by atoms with van der Waals surface area (Å²) in [6, 6.07) is 12.7. The van der Waals surface area contributed by atoms with Crippen LogP contribution in [0.4, 0.5) is 0 Å². The van der Waals surface area contributed by atoms with Crippen molar-refractivity contribution in [1.82, 2.24) is 5.32 Å². The molecule has 0 radical (unpaired) electrons. The number of amides is 1. The maximum absolute atomic E-state index is 12.0. The van der Waals surface area contributed by atoms with Crippen molar-refractivity contribution < 1.29 is 19.4 Å². The summed E-state index contributed by atoms with van der Waals surface area (Å²) < 4.78 is 5.70. The fourth-order valence-electron chi connectivity index (χ4n) is 2.72. The molecular weight excluding hydrogens is 282 g/mol. The lowest BCUT2D eigenvalue weighted by molar-refractivity contribution is 0.0696. The van der Waals surface area contributed by atoms with Crippen molar-refractivity contribution in [1.29, 1.82) is 0 Å². The standard InChI is InChI=1S/C17H15NO4/c1-18-16(19)13-8-11(17(20)21)7-12-14(9-22-15(12)13)10-5-3-2-4-6-10/h2-8,14H,9H2,1H3,(H,18,19)(H,20,21)/t14-/m1/s1. The number of carboxylic acids is 1. The second kappa shape index (κ2) is 5.52. The molecule has 5 heteroatoms. The van der Waals surface area contributed by atoms with Crippen LogP contribution in [0.2, 0.25) is 0 Å². The Labute approximate surface area is 127 Å². The van der Waals surface area contributed by atoms with Crippen LogP contribution in [0, 0.1) is 0 Å². The molecule has 0 aromatic heterocycles. The second-order valence-corrected chi connectivity index (χ2v) is 5.10. The van der Waals surface area contributed by atoms with Gasteiger partial charge in [-0.05, 0) is 17.7 Å². The SMILES string of the molecule is CNC(=O)c1cc(C(=O)O)cc2c1OC[C@@H]2c1ccccc1. The van der Waals surface area contributed by atoms with Crippen LogP contribution in [0.25, 0.3) is 0 Å². The number of aromatic carboxylic acids is 1. The van der Waals surface area contributed by atoms with E-state index in [-0.39, 0.29) is 23.0 Å². The van der Waals surface area contributed by atoms with E-state index in [2.05, 4.69) is 5.32 Å². The van der Waals surface area contributed by atoms with Gasteiger partial charge in [-0.1, -0.05) is 30.3 Å². The molecule has 1 heterocycles. The van der Waals surface area contributed by atoms with E-state index in [0.717, 1.165) is 11.1 Å². The lowest BCUT2D eigenvalue weighted by atomic mass is 9.90. The summed E-state index contributed by atoms with van der Waals surface area (Å²) in [4.78, 5) is 23.3. The molecule has 1 aliphatic rings. The fourth-order valence-corrected chi connectivity index (χ4v) is 2.72. The molecule has 0 saturated heterocycles. The van der Waals surface area contributed by atoms with Crippen LogP contribution in [-0.2, 0) is 0 Å². The van der Waals surface area contributed by atoms with E-state index in [1.807, 2.05) is 30.3 Å². The van der Waals surface area contributed by atoms with Gasteiger partial charge in [0.1, 0.15) is 5.75 Å². The molecule has 2 aromatic rings. The van der Waals surface area contributed by atoms with Gasteiger partial charge in [-0.2, -0.15) is 0 Å². The number of carbonyl (C=O) groups excluding carboxylic acids is 1. The number of ether oxygens (including phenoxy) is 1. The average molecular weight is 297 g/mol. The van der Waals surface area contributed by atoms with E-state index < -0.39 is 5.97 Å². The maximum Gasteiger partial charge on any atom is 0.335 e. The number of carboxylic acid groups (broad SMARTS) is 1. The normalized spacial score (nSPS) is 15.8. The molecule has 3 rings (SSSR count). The minimum absolute atomic E-state index is 0.0705. The summed E-state index contributed by atoms with van der Waals surface area (Å²) in [6.45, 7) is 0.395. The maximum atomic E-state index is 12.0. The monoisotopic (exact) mass is 297 g/mol. The lowest BCUT2D eigenvalue weighted by Gasteiger charge is -2.11. The highest BCUT2D eigenvalue weighted by molar-refractivity contribution is 6.00. The van der Waals surface area contributed by atoms with E-state index >= 15 is 0 Å². The van der Waals surface area contributed by atoms with Crippen LogP contribution >= 0.6 is 0 Å². The van der Waals surface area contributed by atoms with Gasteiger partial charge in [0.2, 0.25) is 0 Å². The Morgan fingerprint density at radius 3 is 2.59 bits per heavy atom. The van der Waals surface area contributed by atoms with Crippen LogP contribution in [0.1, 0.15) is 37.8 Å². The molecule has 112 valence electrons. The smallest absolute Gasteiger partial charge is 0.335 e. The molecule has 0 saturated carbocycles. The van der Waals surface area contributed by atoms with Gasteiger partial charge >= 0.3 is 5.97 Å². The molecule has 1 amide bonds. The Kier molecular flexibility index (Phi) is 3.55. The highest BCUT2D eigenvalue weighted by Gasteiger charge is 2.31. The van der Waals surface area contributed by atoms with E-state index in [1.54, 1.807) is 6.07 Å². The molecule has 0 bridgehead atoms. The van der Waals surface area contributed by atoms with Crippen LogP contribution < -0.4 is 10.1 Å². The minimum atomic E-state index is -1.06. The van der Waals surface area contributed by atoms with Gasteiger partial charge in [0.25, 0.3) is 5.91 Å². The van der Waals surface area contributed by atoms with Crippen molar-refractivity contribution in [3.05, 3.63) is 64.7 Å². The number of rotatable bonds is 3. The summed E-state index contributed by atoms with van der Waals surface area (Å²) in [5.74, 6) is -1.02. The molecule has 1 atom stereocenters. The summed E-state index contributed by atoms with van der Waals surface area (Å²) >= 11 is 0. The van der Waals surface area contributed by atoms with Gasteiger partial charge in [-0.3, -0.25) is 4.79 Å². The summed E-state index contributed by atoms with van der Waals surface area (Å²) in [7, 11) is 1.51. The van der Waals surface area contributed by atoms with Crippen molar-refractivity contribution in [3.63, 3.8) is 0 Å². The van der Waals surface area contributed by atoms with E-state index in [0.29, 0.717) is 12.4 Å². The third-order valence-corrected chi connectivity index (χ3v) is 3.81. The third kappa shape index (κ3) is 2.30. The molecule has 0 spiro atoms. The Bertz CT molecular complexity index is 740. The number of fused-ring (bicyclic) bond motifs is 1. The first-order valence-corrected chi connectivity index (χ1v) is 6.93. The van der Waals surface area contributed by atoms with Gasteiger partial charge in [-0.25, -0.2) is 4.79 Å². The van der Waals surface area contributed by atoms with Crippen molar-refractivity contribution in [2.45, 2.75) is 5.92 Å². The molecular formula is C17H15NO4. The molecule has 5 nitrogen and oxygen atoms in total. The van der Waals surface area contributed by atoms with Crippen molar-refractivity contribution >= 4 is 11.9 Å². The van der Waals surface area contributed by atoms with E-state index in [9.17, 15) is 14.7 Å². The van der Waals surface area contributed by atoms with Crippen molar-refractivity contribution in [2.24, 2.45) is 0 Å². The number of benzene rings is 2. The molecule has 22 heavy (non-hydrogen) atoms. The van der Waals surface area contributed by atoms with Gasteiger partial charge < -0.3 is 15.2 Å². The number of nitrogens with one attached hydrogen (secondary N) is 1. The van der Waals surface area contributed by atoms with Crippen LogP contribution in [0.5, 0.6) is 5.75 Å².